The molecule has 3 rings (SSSR count). The number of ether oxygens (including phenoxy) is 1. The van der Waals surface area contributed by atoms with Crippen LogP contribution in [0.15, 0.2) is 72.8 Å². The van der Waals surface area contributed by atoms with E-state index in [1.54, 1.807) is 0 Å². The van der Waals surface area contributed by atoms with Crippen LogP contribution in [0, 0.1) is 5.92 Å². The van der Waals surface area contributed by atoms with Crippen molar-refractivity contribution in [2.24, 2.45) is 5.92 Å². The average molecular weight is 320 g/mol. The summed E-state index contributed by atoms with van der Waals surface area (Å²) in [5, 5.41) is 11.8. The number of benzene rings is 3. The fourth-order valence-electron chi connectivity index (χ4n) is 2.85. The molecule has 0 saturated heterocycles. The maximum atomic E-state index is 11.6. The van der Waals surface area contributed by atoms with E-state index in [2.05, 4.69) is 0 Å². The van der Waals surface area contributed by atoms with Crippen molar-refractivity contribution < 1.29 is 14.6 Å². The van der Waals surface area contributed by atoms with Crippen LogP contribution in [-0.2, 0) is 22.6 Å². The topological polar surface area (TPSA) is 46.5 Å². The maximum Gasteiger partial charge on any atom is 0.309 e. The van der Waals surface area contributed by atoms with Gasteiger partial charge in [0.2, 0.25) is 0 Å². The van der Waals surface area contributed by atoms with Crippen LogP contribution in [0.3, 0.4) is 0 Å². The van der Waals surface area contributed by atoms with E-state index in [0.717, 1.165) is 21.9 Å². The minimum atomic E-state index is -0.823. The zero-order valence-electron chi connectivity index (χ0n) is 13.4. The SMILES string of the molecule is O=C(O)[C@@H](COCc1ccccc1)Cc1cccc2ccccc12. The lowest BCUT2D eigenvalue weighted by Crippen LogP contribution is -2.22. The van der Waals surface area contributed by atoms with E-state index in [4.69, 9.17) is 4.74 Å². The van der Waals surface area contributed by atoms with Crippen molar-refractivity contribution in [1.82, 2.24) is 0 Å². The number of carbonyl (C=O) groups is 1. The lowest BCUT2D eigenvalue weighted by atomic mass is 9.95. The molecule has 3 aromatic rings. The Bertz CT molecular complexity index is 806. The van der Waals surface area contributed by atoms with Gasteiger partial charge in [-0.3, -0.25) is 4.79 Å². The van der Waals surface area contributed by atoms with Crippen molar-refractivity contribution in [3.8, 4) is 0 Å². The maximum absolute atomic E-state index is 11.6. The molecule has 0 radical (unpaired) electrons. The van der Waals surface area contributed by atoms with E-state index in [9.17, 15) is 9.90 Å². The highest BCUT2D eigenvalue weighted by Crippen LogP contribution is 2.21. The molecule has 0 unspecified atom stereocenters. The zero-order valence-corrected chi connectivity index (χ0v) is 13.4. The van der Waals surface area contributed by atoms with Gasteiger partial charge in [-0.2, -0.15) is 0 Å². The van der Waals surface area contributed by atoms with Gasteiger partial charge in [-0.15, -0.1) is 0 Å². The zero-order chi connectivity index (χ0) is 16.8. The molecule has 0 heterocycles. The monoisotopic (exact) mass is 320 g/mol. The molecule has 0 bridgehead atoms. The Morgan fingerprint density at radius 1 is 0.917 bits per heavy atom. The molecule has 24 heavy (non-hydrogen) atoms. The summed E-state index contributed by atoms with van der Waals surface area (Å²) in [5.41, 5.74) is 2.09. The third-order valence-electron chi connectivity index (χ3n) is 4.13. The van der Waals surface area contributed by atoms with Crippen LogP contribution in [0.4, 0.5) is 0 Å². The Morgan fingerprint density at radius 3 is 2.42 bits per heavy atom. The van der Waals surface area contributed by atoms with Gasteiger partial charge in [0.1, 0.15) is 0 Å². The summed E-state index contributed by atoms with van der Waals surface area (Å²) >= 11 is 0. The predicted octanol–water partition coefficient (Wildman–Crippen LogP) is 4.30. The summed E-state index contributed by atoms with van der Waals surface area (Å²) in [7, 11) is 0. The second-order valence-corrected chi connectivity index (χ2v) is 5.88. The highest BCUT2D eigenvalue weighted by molar-refractivity contribution is 5.86. The predicted molar refractivity (Wildman–Crippen MR) is 94.9 cm³/mol. The molecule has 3 aromatic carbocycles. The molecule has 0 aliphatic heterocycles. The second-order valence-electron chi connectivity index (χ2n) is 5.88. The van der Waals surface area contributed by atoms with Crippen LogP contribution < -0.4 is 0 Å². The van der Waals surface area contributed by atoms with Crippen molar-refractivity contribution in [2.45, 2.75) is 13.0 Å². The number of carboxylic acids is 1. The van der Waals surface area contributed by atoms with Crippen molar-refractivity contribution in [3.63, 3.8) is 0 Å². The Morgan fingerprint density at radius 2 is 1.62 bits per heavy atom. The average Bonchev–Trinajstić information content (AvgIpc) is 2.62. The van der Waals surface area contributed by atoms with E-state index < -0.39 is 11.9 Å². The largest absolute Gasteiger partial charge is 0.481 e. The Kier molecular flexibility index (Phi) is 5.24. The van der Waals surface area contributed by atoms with Crippen molar-refractivity contribution >= 4 is 16.7 Å². The molecule has 0 spiro atoms. The van der Waals surface area contributed by atoms with Crippen LogP contribution in [0.5, 0.6) is 0 Å². The fraction of sp³-hybridized carbons (Fsp3) is 0.190. The number of rotatable bonds is 7. The second kappa shape index (κ2) is 7.75. The summed E-state index contributed by atoms with van der Waals surface area (Å²) in [6.45, 7) is 0.633. The van der Waals surface area contributed by atoms with Crippen LogP contribution in [0.1, 0.15) is 11.1 Å². The van der Waals surface area contributed by atoms with Gasteiger partial charge in [0.15, 0.2) is 0 Å². The van der Waals surface area contributed by atoms with E-state index in [0.29, 0.717) is 13.0 Å². The van der Waals surface area contributed by atoms with E-state index in [1.165, 1.54) is 0 Å². The van der Waals surface area contributed by atoms with E-state index in [-0.39, 0.29) is 6.61 Å². The van der Waals surface area contributed by atoms with Crippen molar-refractivity contribution in [1.29, 1.82) is 0 Å². The number of aliphatic carboxylic acids is 1. The van der Waals surface area contributed by atoms with Gasteiger partial charge in [0, 0.05) is 0 Å². The molecule has 0 amide bonds. The minimum absolute atomic E-state index is 0.202. The molecular weight excluding hydrogens is 300 g/mol. The van der Waals surface area contributed by atoms with Gasteiger partial charge in [-0.25, -0.2) is 0 Å². The van der Waals surface area contributed by atoms with Gasteiger partial charge in [0.05, 0.1) is 19.1 Å². The first-order chi connectivity index (χ1) is 11.7. The molecule has 0 fully saturated rings. The third-order valence-corrected chi connectivity index (χ3v) is 4.13. The minimum Gasteiger partial charge on any atom is -0.481 e. The number of carboxylic acid groups (broad SMARTS) is 1. The standard InChI is InChI=1S/C21H20O3/c22-21(23)19(15-24-14-16-7-2-1-3-8-16)13-18-11-6-10-17-9-4-5-12-20(17)18/h1-12,19H,13-15H2,(H,22,23)/t19-/m1/s1. The van der Waals surface area contributed by atoms with Crippen LogP contribution >= 0.6 is 0 Å². The fourth-order valence-corrected chi connectivity index (χ4v) is 2.85. The first-order valence-corrected chi connectivity index (χ1v) is 8.05. The van der Waals surface area contributed by atoms with E-state index >= 15 is 0 Å². The molecular formula is C21H20O3. The van der Waals surface area contributed by atoms with Gasteiger partial charge < -0.3 is 9.84 Å². The summed E-state index contributed by atoms with van der Waals surface area (Å²) in [6.07, 6.45) is 0.464. The summed E-state index contributed by atoms with van der Waals surface area (Å²) < 4.78 is 5.65. The van der Waals surface area contributed by atoms with Gasteiger partial charge >= 0.3 is 5.97 Å². The molecule has 0 aliphatic carbocycles. The smallest absolute Gasteiger partial charge is 0.309 e. The molecule has 0 aromatic heterocycles. The van der Waals surface area contributed by atoms with E-state index in [1.807, 2.05) is 72.8 Å². The van der Waals surface area contributed by atoms with Crippen LogP contribution in [0.25, 0.3) is 10.8 Å². The summed E-state index contributed by atoms with van der Waals surface area (Å²) in [6, 6.07) is 23.8. The Hall–Kier alpha value is -2.65. The highest BCUT2D eigenvalue weighted by Gasteiger charge is 2.19. The molecule has 122 valence electrons. The number of hydrogen-bond donors (Lipinski definition) is 1. The Balaban J connectivity index is 1.68. The van der Waals surface area contributed by atoms with Crippen molar-refractivity contribution in [3.05, 3.63) is 83.9 Å². The third kappa shape index (κ3) is 4.00. The summed E-state index contributed by atoms with van der Waals surface area (Å²) in [4.78, 5) is 11.6. The van der Waals surface area contributed by atoms with Crippen molar-refractivity contribution in [2.75, 3.05) is 6.61 Å². The highest BCUT2D eigenvalue weighted by atomic mass is 16.5. The first kappa shape index (κ1) is 16.2. The summed E-state index contributed by atoms with van der Waals surface area (Å²) in [5.74, 6) is -1.38. The molecule has 1 atom stereocenters. The van der Waals surface area contributed by atoms with Gasteiger partial charge in [-0.05, 0) is 28.3 Å². The molecule has 3 nitrogen and oxygen atoms in total. The number of fused-ring (bicyclic) bond motifs is 1. The first-order valence-electron chi connectivity index (χ1n) is 8.05. The molecule has 1 N–H and O–H groups in total. The normalized spacial score (nSPS) is 12.2. The van der Waals surface area contributed by atoms with Crippen LogP contribution in [0.2, 0.25) is 0 Å². The van der Waals surface area contributed by atoms with Crippen LogP contribution in [-0.4, -0.2) is 17.7 Å². The Labute approximate surface area is 141 Å². The molecule has 0 aliphatic rings. The lowest BCUT2D eigenvalue weighted by molar-refractivity contribution is -0.144. The number of hydrogen-bond acceptors (Lipinski definition) is 2. The lowest BCUT2D eigenvalue weighted by Gasteiger charge is -2.14. The quantitative estimate of drug-likeness (QED) is 0.706. The molecule has 3 heteroatoms. The van der Waals surface area contributed by atoms with Gasteiger partial charge in [-0.1, -0.05) is 72.8 Å². The van der Waals surface area contributed by atoms with Gasteiger partial charge in [0.25, 0.3) is 0 Å². The molecule has 0 saturated carbocycles.